The van der Waals surface area contributed by atoms with E-state index in [2.05, 4.69) is 13.0 Å². The van der Waals surface area contributed by atoms with E-state index in [1.807, 2.05) is 5.38 Å². The van der Waals surface area contributed by atoms with E-state index < -0.39 is 0 Å². The third kappa shape index (κ3) is 1.51. The standard InChI is InChI=1S/C10H14ClNS/c1-2-10(4-5-10)8(12)7-3-6-13-9(7)11/h3,6,8H,2,4-5,12H2,1H3. The summed E-state index contributed by atoms with van der Waals surface area (Å²) >= 11 is 7.64. The van der Waals surface area contributed by atoms with Gasteiger partial charge in [0.25, 0.3) is 0 Å². The molecule has 0 saturated heterocycles. The maximum absolute atomic E-state index is 6.21. The highest BCUT2D eigenvalue weighted by atomic mass is 35.5. The highest BCUT2D eigenvalue weighted by Crippen LogP contribution is 2.57. The van der Waals surface area contributed by atoms with Crippen LogP contribution < -0.4 is 5.73 Å². The van der Waals surface area contributed by atoms with Gasteiger partial charge in [-0.3, -0.25) is 0 Å². The van der Waals surface area contributed by atoms with Crippen molar-refractivity contribution in [2.24, 2.45) is 11.1 Å². The Morgan fingerprint density at radius 3 is 2.77 bits per heavy atom. The van der Waals surface area contributed by atoms with Gasteiger partial charge in [0.2, 0.25) is 0 Å². The Hall–Kier alpha value is -0.0500. The summed E-state index contributed by atoms with van der Waals surface area (Å²) in [4.78, 5) is 0. The van der Waals surface area contributed by atoms with Gasteiger partial charge in [-0.25, -0.2) is 0 Å². The molecule has 1 fully saturated rings. The van der Waals surface area contributed by atoms with Crippen molar-refractivity contribution >= 4 is 22.9 Å². The van der Waals surface area contributed by atoms with Crippen LogP contribution in [0, 0.1) is 5.41 Å². The Kier molecular flexibility index (Phi) is 2.39. The number of halogens is 1. The Morgan fingerprint density at radius 2 is 2.38 bits per heavy atom. The molecule has 1 atom stereocenters. The van der Waals surface area contributed by atoms with Gasteiger partial charge in [-0.1, -0.05) is 18.5 Å². The molecule has 1 aromatic heterocycles. The molecule has 0 aliphatic heterocycles. The number of hydrogen-bond donors (Lipinski definition) is 1. The Balaban J connectivity index is 2.22. The highest BCUT2D eigenvalue weighted by molar-refractivity contribution is 7.14. The largest absolute Gasteiger partial charge is 0.323 e. The van der Waals surface area contributed by atoms with Crippen LogP contribution in [0.25, 0.3) is 0 Å². The third-order valence-corrected chi connectivity index (χ3v) is 4.44. The van der Waals surface area contributed by atoms with E-state index in [4.69, 9.17) is 17.3 Å². The molecule has 1 nitrogen and oxygen atoms in total. The second kappa shape index (κ2) is 3.26. The van der Waals surface area contributed by atoms with E-state index in [1.165, 1.54) is 19.3 Å². The van der Waals surface area contributed by atoms with Crippen molar-refractivity contribution in [2.45, 2.75) is 32.2 Å². The molecule has 2 rings (SSSR count). The lowest BCUT2D eigenvalue weighted by molar-refractivity contribution is 0.395. The fourth-order valence-corrected chi connectivity index (χ4v) is 2.90. The lowest BCUT2D eigenvalue weighted by Crippen LogP contribution is -2.21. The summed E-state index contributed by atoms with van der Waals surface area (Å²) < 4.78 is 0.868. The molecular formula is C10H14ClNS. The maximum atomic E-state index is 6.21. The molecule has 1 aliphatic carbocycles. The summed E-state index contributed by atoms with van der Waals surface area (Å²) in [5, 5.41) is 2.02. The smallest absolute Gasteiger partial charge is 0.0976 e. The van der Waals surface area contributed by atoms with Crippen molar-refractivity contribution in [2.75, 3.05) is 0 Å². The van der Waals surface area contributed by atoms with Crippen LogP contribution in [0.15, 0.2) is 11.4 Å². The first-order valence-corrected chi connectivity index (χ1v) is 5.94. The number of thiophene rings is 1. The van der Waals surface area contributed by atoms with Crippen LogP contribution in [0.2, 0.25) is 4.34 Å². The van der Waals surface area contributed by atoms with Crippen molar-refractivity contribution in [3.63, 3.8) is 0 Å². The van der Waals surface area contributed by atoms with Crippen molar-refractivity contribution < 1.29 is 0 Å². The van der Waals surface area contributed by atoms with Crippen LogP contribution in [-0.2, 0) is 0 Å². The lowest BCUT2D eigenvalue weighted by Gasteiger charge is -2.21. The lowest BCUT2D eigenvalue weighted by atomic mass is 9.90. The quantitative estimate of drug-likeness (QED) is 0.820. The minimum atomic E-state index is 0.149. The summed E-state index contributed by atoms with van der Waals surface area (Å²) in [5.41, 5.74) is 7.72. The van der Waals surface area contributed by atoms with Gasteiger partial charge in [-0.2, -0.15) is 0 Å². The molecule has 1 aromatic rings. The molecule has 1 heterocycles. The second-order valence-electron chi connectivity index (χ2n) is 3.84. The molecule has 0 spiro atoms. The van der Waals surface area contributed by atoms with E-state index in [0.29, 0.717) is 5.41 Å². The van der Waals surface area contributed by atoms with Gasteiger partial charge in [-0.15, -0.1) is 11.3 Å². The molecule has 1 saturated carbocycles. The zero-order valence-corrected chi connectivity index (χ0v) is 9.29. The van der Waals surface area contributed by atoms with Gasteiger partial charge < -0.3 is 5.73 Å². The van der Waals surface area contributed by atoms with Crippen molar-refractivity contribution in [1.82, 2.24) is 0 Å². The van der Waals surface area contributed by atoms with Crippen LogP contribution in [0.5, 0.6) is 0 Å². The SMILES string of the molecule is CCC1(C(N)c2ccsc2Cl)CC1. The Morgan fingerprint density at radius 1 is 1.69 bits per heavy atom. The van der Waals surface area contributed by atoms with Crippen LogP contribution in [0.4, 0.5) is 0 Å². The first-order chi connectivity index (χ1) is 6.19. The summed E-state index contributed by atoms with van der Waals surface area (Å²) in [6.45, 7) is 2.22. The first kappa shape index (κ1) is 9.50. The van der Waals surface area contributed by atoms with Gasteiger partial charge in [0.05, 0.1) is 4.34 Å². The monoisotopic (exact) mass is 215 g/mol. The van der Waals surface area contributed by atoms with Crippen molar-refractivity contribution in [3.8, 4) is 0 Å². The third-order valence-electron chi connectivity index (χ3n) is 3.24. The van der Waals surface area contributed by atoms with Gasteiger partial charge >= 0.3 is 0 Å². The molecule has 13 heavy (non-hydrogen) atoms. The zero-order chi connectivity index (χ0) is 9.47. The van der Waals surface area contributed by atoms with E-state index in [-0.39, 0.29) is 6.04 Å². The molecule has 0 bridgehead atoms. The van der Waals surface area contributed by atoms with E-state index in [9.17, 15) is 0 Å². The second-order valence-corrected chi connectivity index (χ2v) is 5.36. The zero-order valence-electron chi connectivity index (χ0n) is 7.72. The van der Waals surface area contributed by atoms with Gasteiger partial charge in [0.15, 0.2) is 0 Å². The van der Waals surface area contributed by atoms with E-state index >= 15 is 0 Å². The summed E-state index contributed by atoms with van der Waals surface area (Å²) in [7, 11) is 0. The first-order valence-electron chi connectivity index (χ1n) is 4.68. The van der Waals surface area contributed by atoms with Crippen LogP contribution >= 0.6 is 22.9 Å². The fraction of sp³-hybridized carbons (Fsp3) is 0.600. The number of hydrogen-bond acceptors (Lipinski definition) is 2. The fourth-order valence-electron chi connectivity index (χ4n) is 1.90. The topological polar surface area (TPSA) is 26.0 Å². The minimum Gasteiger partial charge on any atom is -0.323 e. The van der Waals surface area contributed by atoms with E-state index in [0.717, 1.165) is 9.90 Å². The van der Waals surface area contributed by atoms with Crippen molar-refractivity contribution in [1.29, 1.82) is 0 Å². The molecule has 0 amide bonds. The van der Waals surface area contributed by atoms with Gasteiger partial charge in [0, 0.05) is 6.04 Å². The number of nitrogens with two attached hydrogens (primary N) is 1. The molecule has 0 radical (unpaired) electrons. The maximum Gasteiger partial charge on any atom is 0.0976 e. The molecule has 1 aliphatic rings. The predicted octanol–water partition coefficient (Wildman–Crippen LogP) is 3.59. The summed E-state index contributed by atoms with van der Waals surface area (Å²) in [6, 6.07) is 2.21. The van der Waals surface area contributed by atoms with Crippen LogP contribution in [-0.4, -0.2) is 0 Å². The van der Waals surface area contributed by atoms with Gasteiger partial charge in [0.1, 0.15) is 0 Å². The highest BCUT2D eigenvalue weighted by Gasteiger charge is 2.47. The van der Waals surface area contributed by atoms with E-state index in [1.54, 1.807) is 11.3 Å². The normalized spacial score (nSPS) is 21.5. The molecule has 2 N–H and O–H groups in total. The van der Waals surface area contributed by atoms with Gasteiger partial charge in [-0.05, 0) is 41.7 Å². The van der Waals surface area contributed by atoms with Crippen LogP contribution in [0.1, 0.15) is 37.8 Å². The average Bonchev–Trinajstić information content (AvgIpc) is 2.83. The molecule has 1 unspecified atom stereocenters. The summed E-state index contributed by atoms with van der Waals surface area (Å²) in [6.07, 6.45) is 3.69. The molecule has 72 valence electrons. The summed E-state index contributed by atoms with van der Waals surface area (Å²) in [5.74, 6) is 0. The van der Waals surface area contributed by atoms with Crippen LogP contribution in [0.3, 0.4) is 0 Å². The predicted molar refractivity (Wildman–Crippen MR) is 58.2 cm³/mol. The molecule has 3 heteroatoms. The Bertz CT molecular complexity index is 304. The molecular weight excluding hydrogens is 202 g/mol. The average molecular weight is 216 g/mol. The number of rotatable bonds is 3. The Labute approximate surface area is 87.9 Å². The molecule has 0 aromatic carbocycles. The van der Waals surface area contributed by atoms with Crippen molar-refractivity contribution in [3.05, 3.63) is 21.3 Å². The minimum absolute atomic E-state index is 0.149.